The second-order valence-electron chi connectivity index (χ2n) is 4.58. The van der Waals surface area contributed by atoms with E-state index in [0.29, 0.717) is 24.3 Å². The lowest BCUT2D eigenvalue weighted by atomic mass is 10.3. The fourth-order valence-electron chi connectivity index (χ4n) is 1.78. The number of nitrogens with two attached hydrogens (primary N) is 2. The lowest BCUT2D eigenvalue weighted by Gasteiger charge is -2.14. The van der Waals surface area contributed by atoms with Gasteiger partial charge in [-0.25, -0.2) is 0 Å². The standard InChI is InChI=1S/C12H19N3O4S2/c13-7(16)3-1-5-20-9-10(12(19)15-11(9)18)21-6-2-4-8(14)17/h9-10H,1-6H2,(H2,13,16)(H2,14,17)(H,15,18,19). The van der Waals surface area contributed by atoms with Crippen LogP contribution in [-0.4, -0.2) is 45.6 Å². The van der Waals surface area contributed by atoms with Gasteiger partial charge in [0, 0.05) is 12.8 Å². The van der Waals surface area contributed by atoms with Gasteiger partial charge in [0.2, 0.25) is 23.6 Å². The molecule has 1 aliphatic rings. The molecule has 118 valence electrons. The van der Waals surface area contributed by atoms with Crippen LogP contribution in [0.25, 0.3) is 0 Å². The number of carbonyl (C=O) groups is 4. The van der Waals surface area contributed by atoms with Crippen molar-refractivity contribution in [3.63, 3.8) is 0 Å². The minimum Gasteiger partial charge on any atom is -0.370 e. The van der Waals surface area contributed by atoms with Crippen LogP contribution in [-0.2, 0) is 19.2 Å². The third-order valence-corrected chi connectivity index (χ3v) is 5.68. The zero-order valence-electron chi connectivity index (χ0n) is 11.5. The molecule has 7 nitrogen and oxygen atoms in total. The zero-order chi connectivity index (χ0) is 15.8. The van der Waals surface area contributed by atoms with Crippen molar-refractivity contribution in [3.05, 3.63) is 0 Å². The van der Waals surface area contributed by atoms with Gasteiger partial charge in [0.25, 0.3) is 0 Å². The third kappa shape index (κ3) is 6.38. The maximum absolute atomic E-state index is 11.7. The summed E-state index contributed by atoms with van der Waals surface area (Å²) >= 11 is 2.71. The molecule has 4 amide bonds. The van der Waals surface area contributed by atoms with Gasteiger partial charge in [-0.15, -0.1) is 23.5 Å². The summed E-state index contributed by atoms with van der Waals surface area (Å²) in [4.78, 5) is 44.8. The second kappa shape index (κ2) is 8.93. The van der Waals surface area contributed by atoms with Gasteiger partial charge in [-0.2, -0.15) is 0 Å². The monoisotopic (exact) mass is 333 g/mol. The van der Waals surface area contributed by atoms with E-state index in [1.807, 2.05) is 0 Å². The molecule has 1 fully saturated rings. The highest BCUT2D eigenvalue weighted by Crippen LogP contribution is 2.30. The Balaban J connectivity index is 2.38. The summed E-state index contributed by atoms with van der Waals surface area (Å²) in [5.74, 6) is -0.160. The van der Waals surface area contributed by atoms with E-state index in [4.69, 9.17) is 11.5 Å². The van der Waals surface area contributed by atoms with Crippen molar-refractivity contribution < 1.29 is 19.2 Å². The number of hydrogen-bond donors (Lipinski definition) is 3. The van der Waals surface area contributed by atoms with Crippen LogP contribution in [0.3, 0.4) is 0 Å². The van der Waals surface area contributed by atoms with Crippen molar-refractivity contribution >= 4 is 47.2 Å². The molecule has 1 rings (SSSR count). The van der Waals surface area contributed by atoms with Gasteiger partial charge in [0.05, 0.1) is 0 Å². The summed E-state index contributed by atoms with van der Waals surface area (Å²) in [6.07, 6.45) is 1.70. The first-order valence-corrected chi connectivity index (χ1v) is 8.66. The number of amides is 4. The van der Waals surface area contributed by atoms with E-state index >= 15 is 0 Å². The molecular weight excluding hydrogens is 314 g/mol. The van der Waals surface area contributed by atoms with Gasteiger partial charge < -0.3 is 11.5 Å². The van der Waals surface area contributed by atoms with E-state index < -0.39 is 10.5 Å². The van der Waals surface area contributed by atoms with Gasteiger partial charge in [-0.1, -0.05) is 0 Å². The molecule has 0 spiro atoms. The van der Waals surface area contributed by atoms with E-state index in [2.05, 4.69) is 5.32 Å². The average molecular weight is 333 g/mol. The molecule has 9 heteroatoms. The lowest BCUT2D eigenvalue weighted by molar-refractivity contribution is -0.124. The molecule has 0 aromatic rings. The number of imide groups is 1. The van der Waals surface area contributed by atoms with Crippen LogP contribution in [0.2, 0.25) is 0 Å². The molecule has 2 atom stereocenters. The van der Waals surface area contributed by atoms with Crippen LogP contribution in [0, 0.1) is 0 Å². The van der Waals surface area contributed by atoms with Gasteiger partial charge in [0.15, 0.2) is 0 Å². The summed E-state index contributed by atoms with van der Waals surface area (Å²) in [6, 6.07) is 0. The molecule has 2 unspecified atom stereocenters. The molecule has 0 aliphatic carbocycles. The van der Waals surface area contributed by atoms with Gasteiger partial charge in [0.1, 0.15) is 10.5 Å². The van der Waals surface area contributed by atoms with Crippen LogP contribution < -0.4 is 16.8 Å². The second-order valence-corrected chi connectivity index (χ2v) is 7.07. The normalized spacial score (nSPS) is 21.3. The summed E-state index contributed by atoms with van der Waals surface area (Å²) < 4.78 is 0. The molecule has 21 heavy (non-hydrogen) atoms. The quantitative estimate of drug-likeness (QED) is 0.360. The number of thioether (sulfide) groups is 2. The van der Waals surface area contributed by atoms with Crippen molar-refractivity contribution in [2.45, 2.75) is 36.2 Å². The van der Waals surface area contributed by atoms with Crippen LogP contribution in [0.15, 0.2) is 0 Å². The van der Waals surface area contributed by atoms with E-state index in [-0.39, 0.29) is 36.5 Å². The number of nitrogens with one attached hydrogen (secondary N) is 1. The van der Waals surface area contributed by atoms with Crippen LogP contribution in [0.5, 0.6) is 0 Å². The third-order valence-electron chi connectivity index (χ3n) is 2.77. The Morgan fingerprint density at radius 3 is 1.62 bits per heavy atom. The molecule has 0 bridgehead atoms. The van der Waals surface area contributed by atoms with Crippen molar-refractivity contribution in [3.8, 4) is 0 Å². The molecule has 0 aromatic carbocycles. The van der Waals surface area contributed by atoms with E-state index in [0.717, 1.165) is 0 Å². The topological polar surface area (TPSA) is 132 Å². The lowest BCUT2D eigenvalue weighted by Crippen LogP contribution is -2.24. The van der Waals surface area contributed by atoms with E-state index in [1.54, 1.807) is 0 Å². The molecule has 1 aliphatic heterocycles. The maximum Gasteiger partial charge on any atom is 0.241 e. The Morgan fingerprint density at radius 1 is 0.905 bits per heavy atom. The Bertz CT molecular complexity index is 393. The highest BCUT2D eigenvalue weighted by atomic mass is 32.2. The van der Waals surface area contributed by atoms with Crippen molar-refractivity contribution in [1.29, 1.82) is 0 Å². The molecule has 0 aromatic heterocycles. The largest absolute Gasteiger partial charge is 0.370 e. The number of carbonyl (C=O) groups excluding carboxylic acids is 4. The van der Waals surface area contributed by atoms with Crippen molar-refractivity contribution in [1.82, 2.24) is 5.32 Å². The summed E-state index contributed by atoms with van der Waals surface area (Å²) in [5.41, 5.74) is 10.1. The number of hydrogen-bond acceptors (Lipinski definition) is 6. The number of primary amides is 2. The fraction of sp³-hybridized carbons (Fsp3) is 0.667. The highest BCUT2D eigenvalue weighted by Gasteiger charge is 2.41. The Hall–Kier alpha value is -1.22. The predicted octanol–water partition coefficient (Wildman–Crippen LogP) is -0.623. The zero-order valence-corrected chi connectivity index (χ0v) is 13.1. The Morgan fingerprint density at radius 2 is 1.29 bits per heavy atom. The van der Waals surface area contributed by atoms with Crippen molar-refractivity contribution in [2.24, 2.45) is 11.5 Å². The first-order chi connectivity index (χ1) is 9.91. The van der Waals surface area contributed by atoms with E-state index in [1.165, 1.54) is 23.5 Å². The molecule has 1 saturated heterocycles. The van der Waals surface area contributed by atoms with Gasteiger partial charge in [-0.05, 0) is 24.3 Å². The molecule has 0 saturated carbocycles. The maximum atomic E-state index is 11.7. The fourth-order valence-corrected chi connectivity index (χ4v) is 4.40. The smallest absolute Gasteiger partial charge is 0.241 e. The van der Waals surface area contributed by atoms with Gasteiger partial charge >= 0.3 is 0 Å². The molecule has 1 heterocycles. The van der Waals surface area contributed by atoms with Crippen molar-refractivity contribution in [2.75, 3.05) is 11.5 Å². The SMILES string of the molecule is NC(=O)CCCSC1C(=O)NC(=O)C1SCCCC(N)=O. The number of rotatable bonds is 10. The molecule has 0 radical (unpaired) electrons. The van der Waals surface area contributed by atoms with Crippen LogP contribution in [0.4, 0.5) is 0 Å². The first kappa shape index (κ1) is 17.8. The predicted molar refractivity (Wildman–Crippen MR) is 82.5 cm³/mol. The highest BCUT2D eigenvalue weighted by molar-refractivity contribution is 8.04. The van der Waals surface area contributed by atoms with Crippen LogP contribution in [0.1, 0.15) is 25.7 Å². The molecular formula is C12H19N3O4S2. The summed E-state index contributed by atoms with van der Waals surface area (Å²) in [7, 11) is 0. The Labute approximate surface area is 131 Å². The molecule has 5 N–H and O–H groups in total. The minimum atomic E-state index is -0.455. The van der Waals surface area contributed by atoms with E-state index in [9.17, 15) is 19.2 Å². The first-order valence-electron chi connectivity index (χ1n) is 6.56. The average Bonchev–Trinajstić information content (AvgIpc) is 2.65. The minimum absolute atomic E-state index is 0.270. The Kier molecular flexibility index (Phi) is 7.58. The summed E-state index contributed by atoms with van der Waals surface area (Å²) in [6.45, 7) is 0. The van der Waals surface area contributed by atoms with Gasteiger partial charge in [-0.3, -0.25) is 24.5 Å². The summed E-state index contributed by atoms with van der Waals surface area (Å²) in [5, 5.41) is 1.40. The van der Waals surface area contributed by atoms with Crippen LogP contribution >= 0.6 is 23.5 Å².